The zero-order valence-corrected chi connectivity index (χ0v) is 11.3. The highest BCUT2D eigenvalue weighted by atomic mass is 35.5. The number of nitrogens with zero attached hydrogens (tertiary/aromatic N) is 1. The van der Waals surface area contributed by atoms with Gasteiger partial charge in [0.2, 0.25) is 5.91 Å². The van der Waals surface area contributed by atoms with Gasteiger partial charge in [-0.05, 0) is 37.8 Å². The highest BCUT2D eigenvalue weighted by Crippen LogP contribution is 2.25. The number of pyridine rings is 1. The average Bonchev–Trinajstić information content (AvgIpc) is 2.77. The number of nitrogens with two attached hydrogens (primary N) is 1. The number of amides is 1. The Morgan fingerprint density at radius 3 is 2.89 bits per heavy atom. The third-order valence-corrected chi connectivity index (χ3v) is 3.39. The summed E-state index contributed by atoms with van der Waals surface area (Å²) in [5.41, 5.74) is 6.85. The van der Waals surface area contributed by atoms with Gasteiger partial charge in [0.15, 0.2) is 0 Å². The summed E-state index contributed by atoms with van der Waals surface area (Å²) >= 11 is 0. The smallest absolute Gasteiger partial charge is 0.223 e. The number of aromatic nitrogens is 1. The number of carbonyl (C=O) groups excluding carboxylic acids is 1. The zero-order valence-electron chi connectivity index (χ0n) is 10.5. The van der Waals surface area contributed by atoms with Crippen LogP contribution in [0.4, 0.5) is 0 Å². The van der Waals surface area contributed by atoms with E-state index in [-0.39, 0.29) is 36.3 Å². The van der Waals surface area contributed by atoms with Crippen LogP contribution in [0.1, 0.15) is 37.8 Å². The highest BCUT2D eigenvalue weighted by Gasteiger charge is 2.28. The summed E-state index contributed by atoms with van der Waals surface area (Å²) in [6.07, 6.45) is 6.19. The summed E-state index contributed by atoms with van der Waals surface area (Å²) in [4.78, 5) is 16.0. The maximum absolute atomic E-state index is 12.0. The second-order valence-corrected chi connectivity index (χ2v) is 4.79. The molecule has 1 aromatic heterocycles. The molecule has 0 spiro atoms. The van der Waals surface area contributed by atoms with Gasteiger partial charge in [-0.25, -0.2) is 0 Å². The van der Waals surface area contributed by atoms with E-state index in [1.54, 1.807) is 12.4 Å². The van der Waals surface area contributed by atoms with Crippen LogP contribution in [-0.2, 0) is 4.79 Å². The number of hydrogen-bond donors (Lipinski definition) is 2. The molecule has 1 aliphatic rings. The monoisotopic (exact) mass is 269 g/mol. The molecule has 1 amide bonds. The molecular weight excluding hydrogens is 250 g/mol. The molecule has 100 valence electrons. The summed E-state index contributed by atoms with van der Waals surface area (Å²) in [5, 5.41) is 3.02. The summed E-state index contributed by atoms with van der Waals surface area (Å²) in [7, 11) is 0. The first-order chi connectivity index (χ1) is 8.16. The SMILES string of the molecule is CC(NC(=O)C1CCC(N)C1)c1cccnc1.Cl. The first-order valence-corrected chi connectivity index (χ1v) is 6.12. The van der Waals surface area contributed by atoms with Crippen molar-refractivity contribution in [2.75, 3.05) is 0 Å². The molecule has 1 fully saturated rings. The first kappa shape index (κ1) is 14.9. The number of nitrogens with one attached hydrogen (secondary N) is 1. The molecule has 1 saturated carbocycles. The molecule has 3 atom stereocenters. The Hall–Kier alpha value is -1.13. The van der Waals surface area contributed by atoms with E-state index < -0.39 is 0 Å². The van der Waals surface area contributed by atoms with E-state index in [0.29, 0.717) is 0 Å². The fourth-order valence-corrected chi connectivity index (χ4v) is 2.30. The molecule has 5 heteroatoms. The van der Waals surface area contributed by atoms with E-state index in [4.69, 9.17) is 5.73 Å². The van der Waals surface area contributed by atoms with Crippen LogP contribution in [0.5, 0.6) is 0 Å². The van der Waals surface area contributed by atoms with Crippen molar-refractivity contribution >= 4 is 18.3 Å². The van der Waals surface area contributed by atoms with Gasteiger partial charge in [0, 0.05) is 24.4 Å². The number of halogens is 1. The van der Waals surface area contributed by atoms with Gasteiger partial charge in [0.1, 0.15) is 0 Å². The predicted molar refractivity (Wildman–Crippen MR) is 73.4 cm³/mol. The van der Waals surface area contributed by atoms with E-state index in [9.17, 15) is 4.79 Å². The van der Waals surface area contributed by atoms with Crippen LogP contribution < -0.4 is 11.1 Å². The molecule has 1 aliphatic carbocycles. The second-order valence-electron chi connectivity index (χ2n) is 4.79. The molecule has 3 N–H and O–H groups in total. The minimum absolute atomic E-state index is 0. The fourth-order valence-electron chi connectivity index (χ4n) is 2.30. The molecule has 0 radical (unpaired) electrons. The van der Waals surface area contributed by atoms with Crippen molar-refractivity contribution in [3.05, 3.63) is 30.1 Å². The van der Waals surface area contributed by atoms with Crippen LogP contribution in [0.2, 0.25) is 0 Å². The highest BCUT2D eigenvalue weighted by molar-refractivity contribution is 5.85. The van der Waals surface area contributed by atoms with Crippen molar-refractivity contribution in [3.8, 4) is 0 Å². The van der Waals surface area contributed by atoms with Crippen molar-refractivity contribution < 1.29 is 4.79 Å². The molecule has 0 aliphatic heterocycles. The van der Waals surface area contributed by atoms with Crippen LogP contribution in [0, 0.1) is 5.92 Å². The molecule has 0 bridgehead atoms. The Morgan fingerprint density at radius 2 is 2.33 bits per heavy atom. The third-order valence-electron chi connectivity index (χ3n) is 3.39. The normalized spacial score (nSPS) is 24.1. The minimum Gasteiger partial charge on any atom is -0.349 e. The second kappa shape index (κ2) is 6.71. The number of hydrogen-bond acceptors (Lipinski definition) is 3. The molecular formula is C13H20ClN3O. The van der Waals surface area contributed by atoms with E-state index in [1.807, 2.05) is 19.1 Å². The average molecular weight is 270 g/mol. The van der Waals surface area contributed by atoms with Gasteiger partial charge in [0.05, 0.1) is 6.04 Å². The Morgan fingerprint density at radius 1 is 1.56 bits per heavy atom. The lowest BCUT2D eigenvalue weighted by Crippen LogP contribution is -2.32. The van der Waals surface area contributed by atoms with Gasteiger partial charge in [0.25, 0.3) is 0 Å². The van der Waals surface area contributed by atoms with Crippen LogP contribution in [-0.4, -0.2) is 16.9 Å². The lowest BCUT2D eigenvalue weighted by Gasteiger charge is -2.17. The van der Waals surface area contributed by atoms with Crippen molar-refractivity contribution in [1.82, 2.24) is 10.3 Å². The number of rotatable bonds is 3. The summed E-state index contributed by atoms with van der Waals surface area (Å²) in [5.74, 6) is 0.207. The van der Waals surface area contributed by atoms with Gasteiger partial charge in [-0.15, -0.1) is 12.4 Å². The van der Waals surface area contributed by atoms with Gasteiger partial charge in [-0.3, -0.25) is 9.78 Å². The summed E-state index contributed by atoms with van der Waals surface area (Å²) < 4.78 is 0. The number of carbonyl (C=O) groups is 1. The van der Waals surface area contributed by atoms with E-state index in [0.717, 1.165) is 24.8 Å². The Balaban J connectivity index is 0.00000162. The molecule has 1 heterocycles. The Bertz CT molecular complexity index is 385. The van der Waals surface area contributed by atoms with E-state index in [2.05, 4.69) is 10.3 Å². The van der Waals surface area contributed by atoms with Crippen LogP contribution in [0.3, 0.4) is 0 Å². The summed E-state index contributed by atoms with van der Waals surface area (Å²) in [6.45, 7) is 1.98. The lowest BCUT2D eigenvalue weighted by atomic mass is 10.1. The maximum atomic E-state index is 12.0. The van der Waals surface area contributed by atoms with Gasteiger partial charge in [-0.1, -0.05) is 6.07 Å². The van der Waals surface area contributed by atoms with Crippen molar-refractivity contribution in [1.29, 1.82) is 0 Å². The van der Waals surface area contributed by atoms with Crippen molar-refractivity contribution in [2.45, 2.75) is 38.3 Å². The lowest BCUT2D eigenvalue weighted by molar-refractivity contribution is -0.125. The van der Waals surface area contributed by atoms with Crippen LogP contribution >= 0.6 is 12.4 Å². The van der Waals surface area contributed by atoms with Crippen molar-refractivity contribution in [2.24, 2.45) is 11.7 Å². The van der Waals surface area contributed by atoms with Gasteiger partial charge in [-0.2, -0.15) is 0 Å². The molecule has 0 saturated heterocycles. The predicted octanol–water partition coefficient (Wildman–Crippen LogP) is 1.81. The first-order valence-electron chi connectivity index (χ1n) is 6.12. The van der Waals surface area contributed by atoms with Crippen molar-refractivity contribution in [3.63, 3.8) is 0 Å². The quantitative estimate of drug-likeness (QED) is 0.879. The Labute approximate surface area is 114 Å². The van der Waals surface area contributed by atoms with Crippen LogP contribution in [0.25, 0.3) is 0 Å². The minimum atomic E-state index is 0. The molecule has 2 rings (SSSR count). The van der Waals surface area contributed by atoms with Crippen LogP contribution in [0.15, 0.2) is 24.5 Å². The van der Waals surface area contributed by atoms with E-state index in [1.165, 1.54) is 0 Å². The topological polar surface area (TPSA) is 68.0 Å². The molecule has 4 nitrogen and oxygen atoms in total. The third kappa shape index (κ3) is 3.68. The molecule has 18 heavy (non-hydrogen) atoms. The molecule has 1 aromatic rings. The van der Waals surface area contributed by atoms with Gasteiger partial charge < -0.3 is 11.1 Å². The van der Waals surface area contributed by atoms with E-state index >= 15 is 0 Å². The standard InChI is InChI=1S/C13H19N3O.ClH/c1-9(11-3-2-6-15-8-11)16-13(17)10-4-5-12(14)7-10;/h2-3,6,8-10,12H,4-5,7,14H2,1H3,(H,16,17);1H. The summed E-state index contributed by atoms with van der Waals surface area (Å²) in [6, 6.07) is 4.05. The maximum Gasteiger partial charge on any atom is 0.223 e. The Kier molecular flexibility index (Phi) is 5.56. The largest absolute Gasteiger partial charge is 0.349 e. The molecule has 3 unspecified atom stereocenters. The zero-order chi connectivity index (χ0) is 12.3. The molecule has 0 aromatic carbocycles. The fraction of sp³-hybridized carbons (Fsp3) is 0.538. The van der Waals surface area contributed by atoms with Gasteiger partial charge >= 0.3 is 0 Å².